The zero-order valence-electron chi connectivity index (χ0n) is 18.7. The van der Waals surface area contributed by atoms with Gasteiger partial charge < -0.3 is 0 Å². The molecule has 0 unspecified atom stereocenters. The second kappa shape index (κ2) is 10.6. The summed E-state index contributed by atoms with van der Waals surface area (Å²) in [6, 6.07) is 20.7. The maximum Gasteiger partial charge on any atom is 0.264 e. The molecule has 0 atom stereocenters. The van der Waals surface area contributed by atoms with Crippen LogP contribution < -0.4 is 9.73 Å². The van der Waals surface area contributed by atoms with Gasteiger partial charge in [-0.3, -0.25) is 9.10 Å². The Morgan fingerprint density at radius 3 is 2.33 bits per heavy atom. The smallest absolute Gasteiger partial charge is 0.264 e. The number of anilines is 1. The molecule has 0 aliphatic rings. The van der Waals surface area contributed by atoms with E-state index in [0.717, 1.165) is 15.4 Å². The van der Waals surface area contributed by atoms with Crippen LogP contribution in [-0.4, -0.2) is 27.1 Å². The maximum atomic E-state index is 13.4. The zero-order valence-corrected chi connectivity index (χ0v) is 20.3. The number of amides is 1. The summed E-state index contributed by atoms with van der Waals surface area (Å²) in [4.78, 5) is 12.7. The molecule has 0 radical (unpaired) electrons. The number of hydrazone groups is 1. The summed E-state index contributed by atoms with van der Waals surface area (Å²) in [5.41, 5.74) is 5.51. The number of nitrogens with one attached hydrogen (secondary N) is 1. The van der Waals surface area contributed by atoms with E-state index in [0.29, 0.717) is 22.2 Å². The van der Waals surface area contributed by atoms with Crippen LogP contribution in [0, 0.1) is 6.92 Å². The first-order chi connectivity index (χ1) is 15.7. The third kappa shape index (κ3) is 6.43. The fourth-order valence-corrected chi connectivity index (χ4v) is 4.73. The molecule has 0 heterocycles. The van der Waals surface area contributed by atoms with E-state index in [1.807, 2.05) is 19.1 Å². The quantitative estimate of drug-likeness (QED) is 0.357. The molecule has 0 saturated carbocycles. The largest absolute Gasteiger partial charge is 0.271 e. The van der Waals surface area contributed by atoms with Gasteiger partial charge in [-0.25, -0.2) is 13.8 Å². The van der Waals surface area contributed by atoms with Gasteiger partial charge in [-0.1, -0.05) is 67.4 Å². The molecule has 0 bridgehead atoms. The maximum absolute atomic E-state index is 13.4. The minimum Gasteiger partial charge on any atom is -0.271 e. The fraction of sp³-hybridized carbons (Fsp3) is 0.200. The number of halogens is 1. The number of carbonyl (C=O) groups excluding carboxylic acids is 1. The van der Waals surface area contributed by atoms with Gasteiger partial charge in [0.1, 0.15) is 6.54 Å². The van der Waals surface area contributed by atoms with Gasteiger partial charge in [0, 0.05) is 5.02 Å². The van der Waals surface area contributed by atoms with Crippen LogP contribution in [0.15, 0.2) is 82.8 Å². The zero-order chi connectivity index (χ0) is 24.0. The highest BCUT2D eigenvalue weighted by atomic mass is 35.5. The Morgan fingerprint density at radius 1 is 1.06 bits per heavy atom. The predicted molar refractivity (Wildman–Crippen MR) is 133 cm³/mol. The van der Waals surface area contributed by atoms with E-state index in [-0.39, 0.29) is 4.90 Å². The predicted octanol–water partition coefficient (Wildman–Crippen LogP) is 5.12. The summed E-state index contributed by atoms with van der Waals surface area (Å²) in [6.45, 7) is 5.57. The number of rotatable bonds is 8. The van der Waals surface area contributed by atoms with Crippen molar-refractivity contribution in [3.63, 3.8) is 0 Å². The Morgan fingerprint density at radius 2 is 1.73 bits per heavy atom. The van der Waals surface area contributed by atoms with Gasteiger partial charge in [-0.05, 0) is 60.4 Å². The van der Waals surface area contributed by atoms with E-state index >= 15 is 0 Å². The van der Waals surface area contributed by atoms with Crippen molar-refractivity contribution >= 4 is 39.4 Å². The van der Waals surface area contributed by atoms with Crippen LogP contribution in [0.5, 0.6) is 0 Å². The van der Waals surface area contributed by atoms with Crippen LogP contribution in [0.3, 0.4) is 0 Å². The molecule has 8 heteroatoms. The van der Waals surface area contributed by atoms with Crippen LogP contribution in [0.1, 0.15) is 36.5 Å². The molecule has 6 nitrogen and oxygen atoms in total. The first-order valence-electron chi connectivity index (χ1n) is 10.4. The lowest BCUT2D eigenvalue weighted by Gasteiger charge is -2.24. The van der Waals surface area contributed by atoms with Gasteiger partial charge in [0.25, 0.3) is 15.9 Å². The topological polar surface area (TPSA) is 78.8 Å². The molecular weight excluding hydrogens is 458 g/mol. The molecule has 0 aliphatic heterocycles. The van der Waals surface area contributed by atoms with Gasteiger partial charge in [-0.15, -0.1) is 0 Å². The molecule has 3 aromatic rings. The first kappa shape index (κ1) is 24.5. The molecule has 3 aromatic carbocycles. The van der Waals surface area contributed by atoms with Gasteiger partial charge in [-0.2, -0.15) is 5.10 Å². The van der Waals surface area contributed by atoms with Crippen LogP contribution in [0.4, 0.5) is 5.69 Å². The fourth-order valence-electron chi connectivity index (χ4n) is 3.11. The summed E-state index contributed by atoms with van der Waals surface area (Å²) in [5, 5.41) is 4.48. The van der Waals surface area contributed by atoms with Crippen molar-refractivity contribution in [3.05, 3.63) is 94.5 Å². The lowest BCUT2D eigenvalue weighted by atomic mass is 10.0. The average Bonchev–Trinajstić information content (AvgIpc) is 2.78. The lowest BCUT2D eigenvalue weighted by Crippen LogP contribution is -2.39. The van der Waals surface area contributed by atoms with E-state index in [2.05, 4.69) is 24.4 Å². The molecule has 3 rings (SSSR count). The Labute approximate surface area is 200 Å². The Balaban J connectivity index is 1.86. The van der Waals surface area contributed by atoms with Gasteiger partial charge in [0.2, 0.25) is 0 Å². The molecule has 1 amide bonds. The van der Waals surface area contributed by atoms with E-state index in [9.17, 15) is 13.2 Å². The molecule has 1 N–H and O–H groups in total. The molecule has 0 aliphatic carbocycles. The van der Waals surface area contributed by atoms with Crippen molar-refractivity contribution < 1.29 is 13.2 Å². The Bertz CT molecular complexity index is 1240. The molecule has 33 heavy (non-hydrogen) atoms. The van der Waals surface area contributed by atoms with E-state index < -0.39 is 22.5 Å². The number of aryl methyl sites for hydroxylation is 1. The molecule has 0 spiro atoms. The summed E-state index contributed by atoms with van der Waals surface area (Å²) in [6.07, 6.45) is 1.44. The van der Waals surface area contributed by atoms with Crippen molar-refractivity contribution in [1.82, 2.24) is 5.43 Å². The third-order valence-electron chi connectivity index (χ3n) is 5.00. The summed E-state index contributed by atoms with van der Waals surface area (Å²) in [5.74, 6) is -0.276. The van der Waals surface area contributed by atoms with Crippen molar-refractivity contribution in [2.45, 2.75) is 31.6 Å². The van der Waals surface area contributed by atoms with Crippen molar-refractivity contribution in [2.75, 3.05) is 10.8 Å². The van der Waals surface area contributed by atoms with E-state index in [1.54, 1.807) is 48.5 Å². The minimum absolute atomic E-state index is 0.108. The highest BCUT2D eigenvalue weighted by molar-refractivity contribution is 7.92. The lowest BCUT2D eigenvalue weighted by molar-refractivity contribution is -0.119. The molecule has 0 fully saturated rings. The molecular formula is C25H26ClN3O3S. The van der Waals surface area contributed by atoms with E-state index in [4.69, 9.17) is 11.6 Å². The number of hydrogen-bond donors (Lipinski definition) is 1. The number of benzene rings is 3. The average molecular weight is 484 g/mol. The third-order valence-corrected chi connectivity index (χ3v) is 7.02. The second-order valence-corrected chi connectivity index (χ2v) is 10.2. The summed E-state index contributed by atoms with van der Waals surface area (Å²) >= 11 is 5.95. The molecule has 0 saturated heterocycles. The van der Waals surface area contributed by atoms with Crippen molar-refractivity contribution in [2.24, 2.45) is 5.10 Å². The SMILES string of the molecule is Cc1ccc(S(=O)(=O)N(CC(=O)N/N=C\c2cccc(Cl)c2)c2ccc(C(C)C)cc2)cc1. The van der Waals surface area contributed by atoms with Gasteiger partial charge in [0.05, 0.1) is 16.8 Å². The highest BCUT2D eigenvalue weighted by Gasteiger charge is 2.27. The van der Waals surface area contributed by atoms with Crippen LogP contribution in [-0.2, 0) is 14.8 Å². The van der Waals surface area contributed by atoms with Gasteiger partial charge >= 0.3 is 0 Å². The van der Waals surface area contributed by atoms with Crippen LogP contribution in [0.25, 0.3) is 0 Å². The number of hydrogen-bond acceptors (Lipinski definition) is 4. The highest BCUT2D eigenvalue weighted by Crippen LogP contribution is 2.26. The Kier molecular flexibility index (Phi) is 7.89. The Hall–Kier alpha value is -3.16. The van der Waals surface area contributed by atoms with Crippen molar-refractivity contribution in [3.8, 4) is 0 Å². The minimum atomic E-state index is -3.98. The second-order valence-electron chi connectivity index (χ2n) is 7.92. The van der Waals surface area contributed by atoms with E-state index in [1.165, 1.54) is 18.3 Å². The summed E-state index contributed by atoms with van der Waals surface area (Å²) < 4.78 is 27.9. The van der Waals surface area contributed by atoms with Gasteiger partial charge in [0.15, 0.2) is 0 Å². The summed E-state index contributed by atoms with van der Waals surface area (Å²) in [7, 11) is -3.98. The standard InChI is InChI=1S/C25H26ClN3O3S/c1-18(2)21-9-11-23(12-10-21)29(33(31,32)24-13-7-19(3)8-14-24)17-25(30)28-27-16-20-5-4-6-22(26)15-20/h4-16,18H,17H2,1-3H3,(H,28,30)/b27-16-. The van der Waals surface area contributed by atoms with Crippen LogP contribution >= 0.6 is 11.6 Å². The number of sulfonamides is 1. The first-order valence-corrected chi connectivity index (χ1v) is 12.3. The number of carbonyl (C=O) groups is 1. The van der Waals surface area contributed by atoms with Crippen molar-refractivity contribution in [1.29, 1.82) is 0 Å². The molecule has 172 valence electrons. The normalized spacial score (nSPS) is 11.7. The van der Waals surface area contributed by atoms with Crippen LogP contribution in [0.2, 0.25) is 5.02 Å². The monoisotopic (exact) mass is 483 g/mol. The number of nitrogens with zero attached hydrogens (tertiary/aromatic N) is 2. The molecule has 0 aromatic heterocycles.